The zero-order chi connectivity index (χ0) is 18.3. The molecule has 2 amide bonds. The van der Waals surface area contributed by atoms with Crippen LogP contribution in [0.15, 0.2) is 24.3 Å². The van der Waals surface area contributed by atoms with Gasteiger partial charge in [0.25, 0.3) is 5.91 Å². The standard InChI is InChI=1S/C20H25ClN2O3/c21-16-5-2-1-4-15(16)19(25)22-12-7-14(8-13-22)18(24)23-11-3-6-17(23)20(26)9-10-20/h1-2,4-5,14,17,26H,3,6-13H2. The van der Waals surface area contributed by atoms with Crippen LogP contribution in [0.4, 0.5) is 0 Å². The number of piperidine rings is 1. The number of halogens is 1. The summed E-state index contributed by atoms with van der Waals surface area (Å²) in [5, 5.41) is 10.9. The van der Waals surface area contributed by atoms with Crippen LogP contribution in [0.5, 0.6) is 0 Å². The lowest BCUT2D eigenvalue weighted by atomic mass is 9.94. The normalized spacial score (nSPS) is 25.4. The molecule has 0 radical (unpaired) electrons. The first-order chi connectivity index (χ1) is 12.5. The van der Waals surface area contributed by atoms with Gasteiger partial charge in [-0.1, -0.05) is 23.7 Å². The maximum atomic E-state index is 13.0. The van der Waals surface area contributed by atoms with Crippen molar-refractivity contribution in [3.05, 3.63) is 34.9 Å². The summed E-state index contributed by atoms with van der Waals surface area (Å²) in [6.45, 7) is 1.90. The zero-order valence-corrected chi connectivity index (χ0v) is 15.6. The van der Waals surface area contributed by atoms with E-state index in [9.17, 15) is 14.7 Å². The van der Waals surface area contributed by atoms with Crippen molar-refractivity contribution in [3.8, 4) is 0 Å². The molecule has 1 N–H and O–H groups in total. The van der Waals surface area contributed by atoms with Gasteiger partial charge in [0, 0.05) is 25.6 Å². The monoisotopic (exact) mass is 376 g/mol. The lowest BCUT2D eigenvalue weighted by Crippen LogP contribution is -2.49. The first kappa shape index (κ1) is 17.8. The first-order valence-electron chi connectivity index (χ1n) is 9.56. The average Bonchev–Trinajstić information content (AvgIpc) is 3.21. The summed E-state index contributed by atoms with van der Waals surface area (Å²) in [6, 6.07) is 7.09. The fourth-order valence-corrected chi connectivity index (χ4v) is 4.64. The Balaban J connectivity index is 1.37. The van der Waals surface area contributed by atoms with E-state index in [1.807, 2.05) is 17.0 Å². The number of hydrogen-bond acceptors (Lipinski definition) is 3. The summed E-state index contributed by atoms with van der Waals surface area (Å²) in [5.74, 6) is 0.0544. The van der Waals surface area contributed by atoms with E-state index in [-0.39, 0.29) is 23.8 Å². The Hall–Kier alpha value is -1.59. The molecule has 2 heterocycles. The summed E-state index contributed by atoms with van der Waals surface area (Å²) >= 11 is 6.14. The van der Waals surface area contributed by atoms with Crippen molar-refractivity contribution < 1.29 is 14.7 Å². The minimum absolute atomic E-state index is 0.00205. The number of carbonyl (C=O) groups excluding carboxylic acids is 2. The van der Waals surface area contributed by atoms with E-state index >= 15 is 0 Å². The van der Waals surface area contributed by atoms with Crippen molar-refractivity contribution >= 4 is 23.4 Å². The molecule has 3 aliphatic rings. The lowest BCUT2D eigenvalue weighted by Gasteiger charge is -2.36. The van der Waals surface area contributed by atoms with Gasteiger partial charge >= 0.3 is 0 Å². The van der Waals surface area contributed by atoms with E-state index in [1.165, 1.54) is 0 Å². The highest BCUT2D eigenvalue weighted by Crippen LogP contribution is 2.45. The summed E-state index contributed by atoms with van der Waals surface area (Å²) in [6.07, 6.45) is 4.86. The Kier molecular flexibility index (Phi) is 4.70. The third kappa shape index (κ3) is 3.23. The highest BCUT2D eigenvalue weighted by molar-refractivity contribution is 6.33. The minimum Gasteiger partial charge on any atom is -0.388 e. The molecule has 0 aromatic heterocycles. The van der Waals surface area contributed by atoms with E-state index in [4.69, 9.17) is 11.6 Å². The maximum Gasteiger partial charge on any atom is 0.255 e. The second kappa shape index (κ2) is 6.86. The molecule has 5 nitrogen and oxygen atoms in total. The molecule has 1 saturated carbocycles. The van der Waals surface area contributed by atoms with Crippen molar-refractivity contribution in [2.75, 3.05) is 19.6 Å². The van der Waals surface area contributed by atoms with Crippen LogP contribution in [0.2, 0.25) is 5.02 Å². The van der Waals surface area contributed by atoms with Gasteiger partial charge in [-0.3, -0.25) is 9.59 Å². The van der Waals surface area contributed by atoms with Gasteiger partial charge in [-0.05, 0) is 50.7 Å². The van der Waals surface area contributed by atoms with Crippen LogP contribution in [0.25, 0.3) is 0 Å². The van der Waals surface area contributed by atoms with Crippen molar-refractivity contribution in [3.63, 3.8) is 0 Å². The Labute approximate surface area is 158 Å². The molecule has 6 heteroatoms. The van der Waals surface area contributed by atoms with Gasteiger partial charge in [0.2, 0.25) is 5.91 Å². The number of amides is 2. The predicted octanol–water partition coefficient (Wildman–Crippen LogP) is 2.71. The van der Waals surface area contributed by atoms with Crippen LogP contribution in [0, 0.1) is 5.92 Å². The summed E-state index contributed by atoms with van der Waals surface area (Å²) in [4.78, 5) is 29.3. The fraction of sp³-hybridized carbons (Fsp3) is 0.600. The second-order valence-corrected chi connectivity index (χ2v) is 8.25. The predicted molar refractivity (Wildman–Crippen MR) is 99.0 cm³/mol. The van der Waals surface area contributed by atoms with Crippen molar-refractivity contribution in [2.45, 2.75) is 50.2 Å². The molecule has 2 saturated heterocycles. The van der Waals surface area contributed by atoms with Gasteiger partial charge in [-0.2, -0.15) is 0 Å². The smallest absolute Gasteiger partial charge is 0.255 e. The van der Waals surface area contributed by atoms with Crippen LogP contribution in [0.3, 0.4) is 0 Å². The largest absolute Gasteiger partial charge is 0.388 e. The van der Waals surface area contributed by atoms with E-state index in [0.717, 1.165) is 32.2 Å². The molecule has 0 spiro atoms. The molecule has 4 rings (SSSR count). The van der Waals surface area contributed by atoms with Gasteiger partial charge in [-0.25, -0.2) is 0 Å². The molecule has 1 aliphatic carbocycles. The number of likely N-dealkylation sites (tertiary alicyclic amines) is 2. The molecule has 1 aromatic rings. The number of aliphatic hydroxyl groups is 1. The van der Waals surface area contributed by atoms with Crippen LogP contribution in [0.1, 0.15) is 48.9 Å². The molecule has 0 bridgehead atoms. The fourth-order valence-electron chi connectivity index (χ4n) is 4.42. The SMILES string of the molecule is O=C(c1ccccc1Cl)N1CCC(C(=O)N2CCCC2C2(O)CC2)CC1. The number of carbonyl (C=O) groups is 2. The molecule has 140 valence electrons. The number of hydrogen-bond donors (Lipinski definition) is 1. The molecule has 3 fully saturated rings. The van der Waals surface area contributed by atoms with Gasteiger partial charge in [0.15, 0.2) is 0 Å². The van der Waals surface area contributed by atoms with Crippen molar-refractivity contribution in [1.29, 1.82) is 0 Å². The summed E-state index contributed by atoms with van der Waals surface area (Å²) in [5.41, 5.74) is -0.109. The Morgan fingerprint density at radius 3 is 2.42 bits per heavy atom. The van der Waals surface area contributed by atoms with Crippen molar-refractivity contribution in [2.24, 2.45) is 5.92 Å². The number of benzene rings is 1. The van der Waals surface area contributed by atoms with E-state index in [2.05, 4.69) is 0 Å². The number of nitrogens with zero attached hydrogens (tertiary/aromatic N) is 2. The van der Waals surface area contributed by atoms with E-state index in [0.29, 0.717) is 36.5 Å². The highest BCUT2D eigenvalue weighted by atomic mass is 35.5. The van der Waals surface area contributed by atoms with Crippen LogP contribution in [-0.2, 0) is 4.79 Å². The Bertz CT molecular complexity index is 711. The molecule has 26 heavy (non-hydrogen) atoms. The van der Waals surface area contributed by atoms with Gasteiger partial charge in [0.05, 0.1) is 22.2 Å². The highest BCUT2D eigenvalue weighted by Gasteiger charge is 2.53. The quantitative estimate of drug-likeness (QED) is 0.882. The molecular formula is C20H25ClN2O3. The van der Waals surface area contributed by atoms with E-state index < -0.39 is 5.60 Å². The van der Waals surface area contributed by atoms with Crippen LogP contribution < -0.4 is 0 Å². The van der Waals surface area contributed by atoms with Gasteiger partial charge in [-0.15, -0.1) is 0 Å². The Morgan fingerprint density at radius 2 is 1.77 bits per heavy atom. The topological polar surface area (TPSA) is 60.9 Å². The molecule has 2 aliphatic heterocycles. The summed E-state index contributed by atoms with van der Waals surface area (Å²) in [7, 11) is 0. The van der Waals surface area contributed by atoms with Crippen LogP contribution in [-0.4, -0.2) is 58.0 Å². The third-order valence-corrected chi connectivity index (χ3v) is 6.48. The minimum atomic E-state index is -0.632. The van der Waals surface area contributed by atoms with Crippen molar-refractivity contribution in [1.82, 2.24) is 9.80 Å². The zero-order valence-electron chi connectivity index (χ0n) is 14.9. The van der Waals surface area contributed by atoms with Gasteiger partial charge in [0.1, 0.15) is 0 Å². The lowest BCUT2D eigenvalue weighted by molar-refractivity contribution is -0.140. The first-order valence-corrected chi connectivity index (χ1v) is 9.94. The number of rotatable bonds is 3. The molecule has 1 unspecified atom stereocenters. The molecular weight excluding hydrogens is 352 g/mol. The van der Waals surface area contributed by atoms with Crippen LogP contribution >= 0.6 is 11.6 Å². The maximum absolute atomic E-state index is 13.0. The third-order valence-electron chi connectivity index (χ3n) is 6.15. The van der Waals surface area contributed by atoms with E-state index in [1.54, 1.807) is 17.0 Å². The molecule has 1 aromatic carbocycles. The van der Waals surface area contributed by atoms with Gasteiger partial charge < -0.3 is 14.9 Å². The Morgan fingerprint density at radius 1 is 1.08 bits per heavy atom. The average molecular weight is 377 g/mol. The summed E-state index contributed by atoms with van der Waals surface area (Å²) < 4.78 is 0. The second-order valence-electron chi connectivity index (χ2n) is 7.84. The molecule has 1 atom stereocenters.